The third kappa shape index (κ3) is 4.69. The van der Waals surface area contributed by atoms with Gasteiger partial charge in [0.25, 0.3) is 5.91 Å². The fourth-order valence-corrected chi connectivity index (χ4v) is 3.89. The van der Waals surface area contributed by atoms with Gasteiger partial charge in [-0.05, 0) is 25.1 Å². The van der Waals surface area contributed by atoms with Gasteiger partial charge in [-0.3, -0.25) is 14.8 Å². The Kier molecular flexibility index (Phi) is 6.04. The molecule has 4 aromatic rings. The van der Waals surface area contributed by atoms with E-state index < -0.39 is 17.6 Å². The van der Waals surface area contributed by atoms with E-state index in [1.807, 2.05) is 11.6 Å². The van der Waals surface area contributed by atoms with E-state index in [2.05, 4.69) is 30.7 Å². The van der Waals surface area contributed by atoms with E-state index in [0.717, 1.165) is 28.0 Å². The highest BCUT2D eigenvalue weighted by Crippen LogP contribution is 2.30. The van der Waals surface area contributed by atoms with Crippen molar-refractivity contribution < 1.29 is 18.0 Å². The Bertz CT molecular complexity index is 1250. The van der Waals surface area contributed by atoms with Crippen LogP contribution in [0.4, 0.5) is 24.1 Å². The minimum Gasteiger partial charge on any atom is -0.368 e. The summed E-state index contributed by atoms with van der Waals surface area (Å²) < 4.78 is 40.4. The first-order valence-electron chi connectivity index (χ1n) is 9.69. The topological polar surface area (TPSA) is 97.6 Å². The SMILES string of the molecule is CCn1ncc2ncnc(NCCc3cnc(NC(=O)c4cccc(C(F)(F)F)c4)s3)c21. The molecule has 1 amide bonds. The zero-order valence-electron chi connectivity index (χ0n) is 16.8. The molecule has 1 aromatic carbocycles. The summed E-state index contributed by atoms with van der Waals surface area (Å²) in [5.74, 6) is 0.0308. The lowest BCUT2D eigenvalue weighted by Crippen LogP contribution is -2.13. The number of aryl methyl sites for hydroxylation is 1. The predicted molar refractivity (Wildman–Crippen MR) is 115 cm³/mol. The number of benzene rings is 1. The van der Waals surface area contributed by atoms with Gasteiger partial charge in [0.2, 0.25) is 0 Å². The van der Waals surface area contributed by atoms with Gasteiger partial charge in [0.15, 0.2) is 10.9 Å². The average Bonchev–Trinajstić information content (AvgIpc) is 3.40. The fraction of sp³-hybridized carbons (Fsp3) is 0.250. The van der Waals surface area contributed by atoms with Crippen LogP contribution in [0.2, 0.25) is 0 Å². The Morgan fingerprint density at radius 3 is 2.81 bits per heavy atom. The van der Waals surface area contributed by atoms with E-state index >= 15 is 0 Å². The summed E-state index contributed by atoms with van der Waals surface area (Å²) in [6.45, 7) is 3.23. The van der Waals surface area contributed by atoms with E-state index in [1.54, 1.807) is 12.4 Å². The fourth-order valence-electron chi connectivity index (χ4n) is 3.08. The largest absolute Gasteiger partial charge is 0.416 e. The van der Waals surface area contributed by atoms with Gasteiger partial charge in [-0.25, -0.2) is 15.0 Å². The number of amides is 1. The van der Waals surface area contributed by atoms with Gasteiger partial charge in [-0.1, -0.05) is 6.07 Å². The second-order valence-electron chi connectivity index (χ2n) is 6.76. The molecule has 0 bridgehead atoms. The molecule has 8 nitrogen and oxygen atoms in total. The third-order valence-corrected chi connectivity index (χ3v) is 5.59. The molecule has 0 spiro atoms. The number of aromatic nitrogens is 5. The number of hydrogen-bond acceptors (Lipinski definition) is 7. The molecule has 0 aliphatic rings. The van der Waals surface area contributed by atoms with E-state index in [4.69, 9.17) is 0 Å². The molecule has 0 radical (unpaired) electrons. The van der Waals surface area contributed by atoms with Gasteiger partial charge in [-0.2, -0.15) is 18.3 Å². The number of halogens is 3. The van der Waals surface area contributed by atoms with Crippen LogP contribution >= 0.6 is 11.3 Å². The van der Waals surface area contributed by atoms with Crippen molar-refractivity contribution in [2.24, 2.45) is 0 Å². The number of thiazole rings is 1. The van der Waals surface area contributed by atoms with Crippen LogP contribution in [0.5, 0.6) is 0 Å². The molecule has 0 saturated heterocycles. The Labute approximate surface area is 184 Å². The normalized spacial score (nSPS) is 11.6. The van der Waals surface area contributed by atoms with Crippen molar-refractivity contribution in [3.8, 4) is 0 Å². The number of fused-ring (bicyclic) bond motifs is 1. The Morgan fingerprint density at radius 1 is 1.19 bits per heavy atom. The molecular formula is C20H18F3N7OS. The summed E-state index contributed by atoms with van der Waals surface area (Å²) in [7, 11) is 0. The number of nitrogens with zero attached hydrogens (tertiary/aromatic N) is 5. The van der Waals surface area contributed by atoms with Gasteiger partial charge < -0.3 is 5.32 Å². The lowest BCUT2D eigenvalue weighted by molar-refractivity contribution is -0.137. The summed E-state index contributed by atoms with van der Waals surface area (Å²) in [6.07, 6.45) is 0.888. The maximum absolute atomic E-state index is 12.9. The van der Waals surface area contributed by atoms with Crippen molar-refractivity contribution >= 4 is 39.2 Å². The summed E-state index contributed by atoms with van der Waals surface area (Å²) in [6, 6.07) is 4.26. The first kappa shape index (κ1) is 21.7. The van der Waals surface area contributed by atoms with Crippen molar-refractivity contribution in [2.45, 2.75) is 26.1 Å². The monoisotopic (exact) mass is 461 g/mol. The zero-order valence-corrected chi connectivity index (χ0v) is 17.7. The molecule has 3 heterocycles. The van der Waals surface area contributed by atoms with Crippen molar-refractivity contribution in [2.75, 3.05) is 17.2 Å². The van der Waals surface area contributed by atoms with Crippen LogP contribution in [-0.2, 0) is 19.1 Å². The molecule has 0 unspecified atom stereocenters. The van der Waals surface area contributed by atoms with Gasteiger partial charge in [-0.15, -0.1) is 11.3 Å². The number of hydrogen-bond donors (Lipinski definition) is 2. The van der Waals surface area contributed by atoms with Crippen molar-refractivity contribution in [1.29, 1.82) is 0 Å². The van der Waals surface area contributed by atoms with Crippen molar-refractivity contribution in [1.82, 2.24) is 24.7 Å². The standard InChI is InChI=1S/C20H18F3N7OS/c1-2-30-16-15(10-28-30)26-11-27-17(16)24-7-6-14-9-25-19(32-14)29-18(31)12-4-3-5-13(8-12)20(21,22)23/h3-5,8-11H,2,6-7H2,1H3,(H,24,26,27)(H,25,29,31). The lowest BCUT2D eigenvalue weighted by atomic mass is 10.1. The Balaban J connectivity index is 1.37. The number of nitrogens with one attached hydrogen (secondary N) is 2. The quantitative estimate of drug-likeness (QED) is 0.428. The molecule has 32 heavy (non-hydrogen) atoms. The van der Waals surface area contributed by atoms with Crippen LogP contribution in [-0.4, -0.2) is 37.2 Å². The predicted octanol–water partition coefficient (Wildman–Crippen LogP) is 4.23. The van der Waals surface area contributed by atoms with Crippen LogP contribution < -0.4 is 10.6 Å². The summed E-state index contributed by atoms with van der Waals surface area (Å²) in [5, 5.41) is 10.4. The summed E-state index contributed by atoms with van der Waals surface area (Å²) in [5.41, 5.74) is 0.618. The minimum absolute atomic E-state index is 0.0847. The first-order chi connectivity index (χ1) is 15.3. The maximum Gasteiger partial charge on any atom is 0.416 e. The number of alkyl halides is 3. The van der Waals surface area contributed by atoms with Crippen LogP contribution in [0.15, 0.2) is 43.0 Å². The highest BCUT2D eigenvalue weighted by molar-refractivity contribution is 7.15. The second kappa shape index (κ2) is 8.91. The highest BCUT2D eigenvalue weighted by atomic mass is 32.1. The second-order valence-corrected chi connectivity index (χ2v) is 7.87. The van der Waals surface area contributed by atoms with E-state index in [-0.39, 0.29) is 5.56 Å². The third-order valence-electron chi connectivity index (χ3n) is 4.62. The number of anilines is 2. The van der Waals surface area contributed by atoms with Gasteiger partial charge >= 0.3 is 6.18 Å². The molecule has 166 valence electrons. The number of carbonyl (C=O) groups excluding carboxylic acids is 1. The summed E-state index contributed by atoms with van der Waals surface area (Å²) in [4.78, 5) is 25.8. The minimum atomic E-state index is -4.51. The molecule has 0 atom stereocenters. The van der Waals surface area contributed by atoms with E-state index in [9.17, 15) is 18.0 Å². The van der Waals surface area contributed by atoms with Crippen molar-refractivity contribution in [3.05, 3.63) is 59.0 Å². The molecule has 0 saturated carbocycles. The molecule has 0 aliphatic heterocycles. The number of carbonyl (C=O) groups is 1. The lowest BCUT2D eigenvalue weighted by Gasteiger charge is -2.08. The van der Waals surface area contributed by atoms with Crippen LogP contribution in [0.3, 0.4) is 0 Å². The van der Waals surface area contributed by atoms with E-state index in [0.29, 0.717) is 30.5 Å². The molecule has 0 aliphatic carbocycles. The molecule has 3 aromatic heterocycles. The molecule has 4 rings (SSSR count). The maximum atomic E-state index is 12.9. The molecular weight excluding hydrogens is 443 g/mol. The number of rotatable bonds is 7. The van der Waals surface area contributed by atoms with E-state index in [1.165, 1.54) is 29.8 Å². The molecule has 2 N–H and O–H groups in total. The Morgan fingerprint density at radius 2 is 2.03 bits per heavy atom. The van der Waals surface area contributed by atoms with Gasteiger partial charge in [0, 0.05) is 36.1 Å². The van der Waals surface area contributed by atoms with Crippen molar-refractivity contribution in [3.63, 3.8) is 0 Å². The van der Waals surface area contributed by atoms with Crippen LogP contribution in [0, 0.1) is 0 Å². The molecule has 0 fully saturated rings. The highest BCUT2D eigenvalue weighted by Gasteiger charge is 2.31. The smallest absolute Gasteiger partial charge is 0.368 e. The average molecular weight is 461 g/mol. The van der Waals surface area contributed by atoms with Crippen LogP contribution in [0.1, 0.15) is 27.7 Å². The molecule has 12 heteroatoms. The Hall–Kier alpha value is -3.54. The first-order valence-corrected chi connectivity index (χ1v) is 10.5. The van der Waals surface area contributed by atoms with Gasteiger partial charge in [0.05, 0.1) is 11.8 Å². The van der Waals surface area contributed by atoms with Crippen LogP contribution in [0.25, 0.3) is 11.0 Å². The van der Waals surface area contributed by atoms with Gasteiger partial charge in [0.1, 0.15) is 17.4 Å². The summed E-state index contributed by atoms with van der Waals surface area (Å²) >= 11 is 1.26. The zero-order chi connectivity index (χ0) is 22.7.